The van der Waals surface area contributed by atoms with Gasteiger partial charge in [0.05, 0.1) is 30.7 Å². The lowest BCUT2D eigenvalue weighted by Gasteiger charge is -2.25. The maximum Gasteiger partial charge on any atom is 0.326 e. The molecule has 0 radical (unpaired) electrons. The molecule has 0 aliphatic rings. The molecule has 4 rings (SSSR count). The lowest BCUT2D eigenvalue weighted by Crippen LogP contribution is -2.37. The molecule has 0 heterocycles. The Morgan fingerprint density at radius 3 is 2.31 bits per heavy atom. The van der Waals surface area contributed by atoms with Gasteiger partial charge in [0, 0.05) is 32.1 Å². The van der Waals surface area contributed by atoms with Crippen molar-refractivity contribution in [3.05, 3.63) is 94.5 Å². The van der Waals surface area contributed by atoms with Gasteiger partial charge in [-0.2, -0.15) is 0 Å². The molecule has 42 heavy (non-hydrogen) atoms. The van der Waals surface area contributed by atoms with Crippen molar-refractivity contribution in [1.29, 1.82) is 0 Å². The third kappa shape index (κ3) is 7.34. The molecule has 0 bridgehead atoms. The first-order chi connectivity index (χ1) is 20.1. The summed E-state index contributed by atoms with van der Waals surface area (Å²) in [7, 11) is -2.80. The summed E-state index contributed by atoms with van der Waals surface area (Å²) in [5.74, 6) is -0.394. The number of hydrogen-bond acceptors (Lipinski definition) is 6. The number of carbonyl (C=O) groups is 2. The molecule has 4 aromatic carbocycles. The van der Waals surface area contributed by atoms with Crippen LogP contribution in [0.15, 0.2) is 83.8 Å². The Morgan fingerprint density at radius 1 is 0.905 bits per heavy atom. The summed E-state index contributed by atoms with van der Waals surface area (Å²) in [4.78, 5) is 25.7. The molecular formula is C31H30Cl2N2O6S. The fourth-order valence-electron chi connectivity index (χ4n) is 4.43. The van der Waals surface area contributed by atoms with Gasteiger partial charge in [0.25, 0.3) is 10.0 Å². The fourth-order valence-corrected chi connectivity index (χ4v) is 6.59. The largest absolute Gasteiger partial charge is 0.496 e. The number of amides is 1. The summed E-state index contributed by atoms with van der Waals surface area (Å²) in [5.41, 5.74) is 1.41. The molecular weight excluding hydrogens is 599 g/mol. The number of nitrogens with zero attached hydrogens (tertiary/aromatic N) is 1. The van der Waals surface area contributed by atoms with Crippen LogP contribution in [0.5, 0.6) is 5.75 Å². The number of nitrogens with one attached hydrogen (secondary N) is 1. The van der Waals surface area contributed by atoms with E-state index < -0.39 is 22.5 Å². The van der Waals surface area contributed by atoms with Crippen LogP contribution >= 0.6 is 23.2 Å². The van der Waals surface area contributed by atoms with Gasteiger partial charge in [-0.15, -0.1) is 0 Å². The highest BCUT2D eigenvalue weighted by molar-refractivity contribution is 7.93. The molecule has 0 aliphatic heterocycles. The molecule has 0 aromatic heterocycles. The first-order valence-electron chi connectivity index (χ1n) is 13.2. The number of carbonyl (C=O) groups excluding carboxylic acids is 2. The number of ether oxygens (including phenoxy) is 2. The van der Waals surface area contributed by atoms with Gasteiger partial charge in [0.15, 0.2) is 0 Å². The molecule has 0 fully saturated rings. The maximum absolute atomic E-state index is 14.0. The minimum atomic E-state index is -4.34. The summed E-state index contributed by atoms with van der Waals surface area (Å²) >= 11 is 12.3. The molecule has 0 aliphatic carbocycles. The molecule has 1 amide bonds. The predicted octanol–water partition coefficient (Wildman–Crippen LogP) is 6.88. The minimum Gasteiger partial charge on any atom is -0.496 e. The van der Waals surface area contributed by atoms with E-state index in [1.165, 1.54) is 18.2 Å². The molecule has 0 saturated heterocycles. The summed E-state index contributed by atoms with van der Waals surface area (Å²) < 4.78 is 39.6. The predicted molar refractivity (Wildman–Crippen MR) is 166 cm³/mol. The quantitative estimate of drug-likeness (QED) is 0.136. The molecule has 0 spiro atoms. The van der Waals surface area contributed by atoms with Crippen molar-refractivity contribution >= 4 is 67.2 Å². The average molecular weight is 630 g/mol. The molecule has 0 atom stereocenters. The summed E-state index contributed by atoms with van der Waals surface area (Å²) in [6.07, 6.45) is 1.53. The van der Waals surface area contributed by atoms with Crippen molar-refractivity contribution in [2.45, 2.75) is 31.1 Å². The zero-order valence-electron chi connectivity index (χ0n) is 23.1. The Bertz CT molecular complexity index is 1690. The van der Waals surface area contributed by atoms with E-state index in [0.717, 1.165) is 16.3 Å². The van der Waals surface area contributed by atoms with Crippen LogP contribution in [0.4, 0.5) is 11.4 Å². The number of hydrogen-bond donors (Lipinski definition) is 1. The summed E-state index contributed by atoms with van der Waals surface area (Å²) in [6, 6.07) is 21.3. The number of para-hydroxylation sites is 1. The number of unbranched alkanes of at least 4 members (excludes halogenated alkanes) is 1. The highest BCUT2D eigenvalue weighted by Crippen LogP contribution is 2.35. The molecule has 8 nitrogen and oxygen atoms in total. The Kier molecular flexibility index (Phi) is 10.3. The lowest BCUT2D eigenvalue weighted by molar-refractivity contribution is -0.141. The van der Waals surface area contributed by atoms with E-state index in [4.69, 9.17) is 32.7 Å². The van der Waals surface area contributed by atoms with Crippen molar-refractivity contribution in [2.75, 3.05) is 29.9 Å². The number of benzene rings is 4. The number of esters is 1. The van der Waals surface area contributed by atoms with Crippen LogP contribution in [0.2, 0.25) is 10.0 Å². The highest BCUT2D eigenvalue weighted by atomic mass is 35.5. The zero-order chi connectivity index (χ0) is 30.3. The molecule has 220 valence electrons. The number of anilines is 2. The minimum absolute atomic E-state index is 0.0692. The molecule has 11 heteroatoms. The molecule has 1 N–H and O–H groups in total. The second-order valence-electron chi connectivity index (χ2n) is 9.41. The van der Waals surface area contributed by atoms with Crippen LogP contribution in [-0.4, -0.2) is 40.6 Å². The molecule has 0 saturated carbocycles. The average Bonchev–Trinajstić information content (AvgIpc) is 2.96. The Balaban J connectivity index is 1.75. The van der Waals surface area contributed by atoms with Gasteiger partial charge in [-0.05, 0) is 42.8 Å². The van der Waals surface area contributed by atoms with E-state index in [1.807, 2.05) is 25.1 Å². The van der Waals surface area contributed by atoms with Gasteiger partial charge in [0.1, 0.15) is 12.3 Å². The van der Waals surface area contributed by atoms with Crippen molar-refractivity contribution in [3.63, 3.8) is 0 Å². The standard InChI is InChI=1S/C31H30Cl2N2O6S/c1-3-4-15-41-31(37)20-35(42(38,39)24-18-22(32)17-23(33)19-24)28-13-8-10-25-26(28)11-7-12-27(25)34-30(36)16-21-9-5-6-14-29(21)40-2/h5-14,17-19H,3-4,15-16,20H2,1-2H3,(H,34,36). The zero-order valence-corrected chi connectivity index (χ0v) is 25.4. The van der Waals surface area contributed by atoms with Gasteiger partial charge in [-0.3, -0.25) is 13.9 Å². The number of sulfonamides is 1. The number of rotatable bonds is 12. The van der Waals surface area contributed by atoms with Gasteiger partial charge in [-0.1, -0.05) is 79.0 Å². The number of halogens is 2. The highest BCUT2D eigenvalue weighted by Gasteiger charge is 2.30. The van der Waals surface area contributed by atoms with Crippen LogP contribution in [0.25, 0.3) is 10.8 Å². The van der Waals surface area contributed by atoms with Crippen LogP contribution in [0.3, 0.4) is 0 Å². The lowest BCUT2D eigenvalue weighted by atomic mass is 10.1. The smallest absolute Gasteiger partial charge is 0.326 e. The Morgan fingerprint density at radius 2 is 1.60 bits per heavy atom. The van der Waals surface area contributed by atoms with Gasteiger partial charge >= 0.3 is 5.97 Å². The first kappa shape index (κ1) is 31.2. The maximum atomic E-state index is 14.0. The van der Waals surface area contributed by atoms with E-state index in [2.05, 4.69) is 5.32 Å². The number of methoxy groups -OCH3 is 1. The van der Waals surface area contributed by atoms with Crippen LogP contribution in [-0.2, 0) is 30.8 Å². The molecule has 0 unspecified atom stereocenters. The summed E-state index contributed by atoms with van der Waals surface area (Å²) in [6.45, 7) is 1.54. The summed E-state index contributed by atoms with van der Waals surface area (Å²) in [5, 5.41) is 4.25. The van der Waals surface area contributed by atoms with Crippen LogP contribution in [0, 0.1) is 0 Å². The monoisotopic (exact) mass is 628 g/mol. The van der Waals surface area contributed by atoms with Gasteiger partial charge < -0.3 is 14.8 Å². The Hall–Kier alpha value is -3.79. The fraction of sp³-hybridized carbons (Fsp3) is 0.226. The third-order valence-corrected chi connectivity index (χ3v) is 8.62. The Labute approximate surface area is 255 Å². The van der Waals surface area contributed by atoms with E-state index in [9.17, 15) is 18.0 Å². The second-order valence-corrected chi connectivity index (χ2v) is 12.1. The van der Waals surface area contributed by atoms with Crippen LogP contribution < -0.4 is 14.4 Å². The van der Waals surface area contributed by atoms with E-state index in [-0.39, 0.29) is 39.6 Å². The topological polar surface area (TPSA) is 102 Å². The van der Waals surface area contributed by atoms with E-state index >= 15 is 0 Å². The van der Waals surface area contributed by atoms with Crippen molar-refractivity contribution < 1.29 is 27.5 Å². The van der Waals surface area contributed by atoms with Crippen LogP contribution in [0.1, 0.15) is 25.3 Å². The third-order valence-electron chi connectivity index (χ3n) is 6.44. The first-order valence-corrected chi connectivity index (χ1v) is 15.4. The van der Waals surface area contributed by atoms with Crippen molar-refractivity contribution in [1.82, 2.24) is 0 Å². The van der Waals surface area contributed by atoms with Crippen molar-refractivity contribution in [3.8, 4) is 5.75 Å². The van der Waals surface area contributed by atoms with Gasteiger partial charge in [-0.25, -0.2) is 8.42 Å². The van der Waals surface area contributed by atoms with Crippen molar-refractivity contribution in [2.24, 2.45) is 0 Å². The molecule has 4 aromatic rings. The van der Waals surface area contributed by atoms with E-state index in [0.29, 0.717) is 28.6 Å². The number of fused-ring (bicyclic) bond motifs is 1. The second kappa shape index (κ2) is 13.9. The van der Waals surface area contributed by atoms with E-state index in [1.54, 1.807) is 49.6 Å². The SMILES string of the molecule is CCCCOC(=O)CN(c1cccc2c(NC(=O)Cc3ccccc3OC)cccc12)S(=O)(=O)c1cc(Cl)cc(Cl)c1. The normalized spacial score (nSPS) is 11.2. The van der Waals surface area contributed by atoms with Gasteiger partial charge in [0.2, 0.25) is 5.91 Å².